The number of aromatic amines is 1. The predicted octanol–water partition coefficient (Wildman–Crippen LogP) is 4.17. The molecule has 0 unspecified atom stereocenters. The molecule has 0 bridgehead atoms. The number of carbonyl (C=O) groups is 2. The zero-order valence-corrected chi connectivity index (χ0v) is 16.6. The van der Waals surface area contributed by atoms with Crippen molar-refractivity contribution in [3.8, 4) is 0 Å². The van der Waals surface area contributed by atoms with Gasteiger partial charge in [-0.3, -0.25) is 9.59 Å². The fourth-order valence-corrected chi connectivity index (χ4v) is 3.77. The molecule has 2 aromatic carbocycles. The first-order valence-electron chi connectivity index (χ1n) is 10.3. The van der Waals surface area contributed by atoms with Crippen LogP contribution in [0.25, 0.3) is 11.0 Å². The number of anilines is 1. The lowest BCUT2D eigenvalue weighted by molar-refractivity contribution is -0.115. The van der Waals surface area contributed by atoms with Gasteiger partial charge in [-0.1, -0.05) is 31.9 Å². The molecule has 0 saturated heterocycles. The maximum Gasteiger partial charge on any atom is 0.251 e. The third-order valence-electron chi connectivity index (χ3n) is 5.41. The van der Waals surface area contributed by atoms with Crippen molar-refractivity contribution in [2.75, 3.05) is 5.32 Å². The molecule has 0 radical (unpaired) electrons. The number of H-pyrrole nitrogens is 1. The van der Waals surface area contributed by atoms with Crippen molar-refractivity contribution in [2.24, 2.45) is 0 Å². The van der Waals surface area contributed by atoms with Crippen LogP contribution in [-0.2, 0) is 11.2 Å². The van der Waals surface area contributed by atoms with Crippen molar-refractivity contribution in [3.63, 3.8) is 0 Å². The van der Waals surface area contributed by atoms with Gasteiger partial charge in [0, 0.05) is 30.1 Å². The molecule has 1 heterocycles. The van der Waals surface area contributed by atoms with Crippen LogP contribution >= 0.6 is 0 Å². The van der Waals surface area contributed by atoms with Crippen LogP contribution in [0.15, 0.2) is 42.5 Å². The monoisotopic (exact) mass is 390 g/mol. The number of carbonyl (C=O) groups excluding carboxylic acids is 2. The molecule has 1 saturated carbocycles. The molecule has 0 spiro atoms. The van der Waals surface area contributed by atoms with Gasteiger partial charge in [0.05, 0.1) is 11.0 Å². The summed E-state index contributed by atoms with van der Waals surface area (Å²) in [5.74, 6) is 0.834. The van der Waals surface area contributed by atoms with Crippen molar-refractivity contribution in [1.82, 2.24) is 15.3 Å². The summed E-state index contributed by atoms with van der Waals surface area (Å²) in [6.07, 6.45) is 5.65. The molecule has 0 atom stereocenters. The van der Waals surface area contributed by atoms with E-state index >= 15 is 0 Å². The van der Waals surface area contributed by atoms with E-state index in [1.165, 1.54) is 12.8 Å². The molecule has 6 heteroatoms. The molecular formula is C23H26N4O2. The van der Waals surface area contributed by atoms with Crippen LogP contribution in [0.3, 0.4) is 0 Å². The summed E-state index contributed by atoms with van der Waals surface area (Å²) in [5.41, 5.74) is 4.27. The third kappa shape index (κ3) is 4.65. The van der Waals surface area contributed by atoms with E-state index in [2.05, 4.69) is 20.6 Å². The number of fused-ring (bicyclic) bond motifs is 1. The van der Waals surface area contributed by atoms with Crippen LogP contribution in [0, 0.1) is 0 Å². The highest BCUT2D eigenvalue weighted by Crippen LogP contribution is 2.20. The smallest absolute Gasteiger partial charge is 0.251 e. The average molecular weight is 390 g/mol. The molecular weight excluding hydrogens is 364 g/mol. The molecule has 1 aromatic heterocycles. The SMILES string of the molecule is CCC(=O)Nc1ccc(Cc2nc3ccc(C(=O)NC4CCCC4)cc3[nH]2)cc1. The topological polar surface area (TPSA) is 86.9 Å². The minimum absolute atomic E-state index is 0.00260. The summed E-state index contributed by atoms with van der Waals surface area (Å²) in [6.45, 7) is 1.83. The number of benzene rings is 2. The van der Waals surface area contributed by atoms with Crippen LogP contribution in [0.5, 0.6) is 0 Å². The highest BCUT2D eigenvalue weighted by atomic mass is 16.2. The molecule has 6 nitrogen and oxygen atoms in total. The quantitative estimate of drug-likeness (QED) is 0.590. The van der Waals surface area contributed by atoms with Gasteiger partial charge >= 0.3 is 0 Å². The Morgan fingerprint density at radius 3 is 2.59 bits per heavy atom. The first kappa shape index (κ1) is 19.2. The number of imidazole rings is 1. The Balaban J connectivity index is 1.44. The Morgan fingerprint density at radius 1 is 1.10 bits per heavy atom. The van der Waals surface area contributed by atoms with E-state index in [0.29, 0.717) is 24.4 Å². The Bertz CT molecular complexity index is 1020. The molecule has 150 valence electrons. The summed E-state index contributed by atoms with van der Waals surface area (Å²) < 4.78 is 0. The normalized spacial score (nSPS) is 14.2. The Labute approximate surface area is 170 Å². The number of hydrogen-bond acceptors (Lipinski definition) is 3. The van der Waals surface area contributed by atoms with Gasteiger partial charge in [-0.15, -0.1) is 0 Å². The predicted molar refractivity (Wildman–Crippen MR) is 114 cm³/mol. The average Bonchev–Trinajstić information content (AvgIpc) is 3.37. The van der Waals surface area contributed by atoms with Crippen LogP contribution in [-0.4, -0.2) is 27.8 Å². The van der Waals surface area contributed by atoms with Gasteiger partial charge in [-0.25, -0.2) is 4.98 Å². The molecule has 0 aliphatic heterocycles. The van der Waals surface area contributed by atoms with E-state index in [4.69, 9.17) is 0 Å². The highest BCUT2D eigenvalue weighted by molar-refractivity contribution is 5.97. The molecule has 1 aliphatic rings. The van der Waals surface area contributed by atoms with Gasteiger partial charge in [-0.2, -0.15) is 0 Å². The second kappa shape index (κ2) is 8.47. The van der Waals surface area contributed by atoms with E-state index in [1.807, 2.05) is 49.4 Å². The zero-order valence-electron chi connectivity index (χ0n) is 16.6. The van der Waals surface area contributed by atoms with Crippen molar-refractivity contribution in [1.29, 1.82) is 0 Å². The number of amides is 2. The Morgan fingerprint density at radius 2 is 1.86 bits per heavy atom. The Hall–Kier alpha value is -3.15. The minimum atomic E-state index is -0.0142. The van der Waals surface area contributed by atoms with Crippen molar-refractivity contribution < 1.29 is 9.59 Å². The maximum absolute atomic E-state index is 12.5. The van der Waals surface area contributed by atoms with Crippen molar-refractivity contribution in [2.45, 2.75) is 51.5 Å². The second-order valence-corrected chi connectivity index (χ2v) is 7.65. The van der Waals surface area contributed by atoms with Crippen LogP contribution < -0.4 is 10.6 Å². The minimum Gasteiger partial charge on any atom is -0.349 e. The number of aromatic nitrogens is 2. The number of rotatable bonds is 6. The van der Waals surface area contributed by atoms with Gasteiger partial charge in [0.15, 0.2) is 0 Å². The standard InChI is InChI=1S/C23H26N4O2/c1-2-22(28)24-18-10-7-15(8-11-18)13-21-26-19-12-9-16(14-20(19)27-21)23(29)25-17-5-3-4-6-17/h7-12,14,17H,2-6,13H2,1H3,(H,24,28)(H,25,29)(H,26,27). The largest absolute Gasteiger partial charge is 0.349 e. The molecule has 3 N–H and O–H groups in total. The fraction of sp³-hybridized carbons (Fsp3) is 0.348. The van der Waals surface area contributed by atoms with Crippen LogP contribution in [0.2, 0.25) is 0 Å². The summed E-state index contributed by atoms with van der Waals surface area (Å²) in [4.78, 5) is 31.9. The summed E-state index contributed by atoms with van der Waals surface area (Å²) >= 11 is 0. The molecule has 1 fully saturated rings. The lowest BCUT2D eigenvalue weighted by Gasteiger charge is -2.11. The summed E-state index contributed by atoms with van der Waals surface area (Å²) in [7, 11) is 0. The molecule has 2 amide bonds. The van der Waals surface area contributed by atoms with E-state index in [1.54, 1.807) is 0 Å². The van der Waals surface area contributed by atoms with Gasteiger partial charge in [0.25, 0.3) is 5.91 Å². The first-order valence-corrected chi connectivity index (χ1v) is 10.3. The third-order valence-corrected chi connectivity index (χ3v) is 5.41. The summed E-state index contributed by atoms with van der Waals surface area (Å²) in [5, 5.41) is 5.97. The number of nitrogens with one attached hydrogen (secondary N) is 3. The Kier molecular flexibility index (Phi) is 5.60. The van der Waals surface area contributed by atoms with Crippen molar-refractivity contribution >= 4 is 28.5 Å². The maximum atomic E-state index is 12.5. The van der Waals surface area contributed by atoms with E-state index in [9.17, 15) is 9.59 Å². The summed E-state index contributed by atoms with van der Waals surface area (Å²) in [6, 6.07) is 13.7. The molecule has 3 aromatic rings. The van der Waals surface area contributed by atoms with Crippen LogP contribution in [0.1, 0.15) is 60.8 Å². The van der Waals surface area contributed by atoms with Gasteiger partial charge in [0.1, 0.15) is 5.82 Å². The first-order chi connectivity index (χ1) is 14.1. The van der Waals surface area contributed by atoms with Gasteiger partial charge < -0.3 is 15.6 Å². The lowest BCUT2D eigenvalue weighted by Crippen LogP contribution is -2.32. The second-order valence-electron chi connectivity index (χ2n) is 7.65. The van der Waals surface area contributed by atoms with E-state index < -0.39 is 0 Å². The molecule has 4 rings (SSSR count). The zero-order chi connectivity index (χ0) is 20.2. The molecule has 29 heavy (non-hydrogen) atoms. The number of hydrogen-bond donors (Lipinski definition) is 3. The fourth-order valence-electron chi connectivity index (χ4n) is 3.77. The van der Waals surface area contributed by atoms with Crippen LogP contribution in [0.4, 0.5) is 5.69 Å². The lowest BCUT2D eigenvalue weighted by atomic mass is 10.1. The van der Waals surface area contributed by atoms with Gasteiger partial charge in [0.2, 0.25) is 5.91 Å². The van der Waals surface area contributed by atoms with Crippen molar-refractivity contribution in [3.05, 3.63) is 59.4 Å². The van der Waals surface area contributed by atoms with Gasteiger partial charge in [-0.05, 0) is 48.7 Å². The van der Waals surface area contributed by atoms with E-state index in [-0.39, 0.29) is 11.8 Å². The molecule has 1 aliphatic carbocycles. The highest BCUT2D eigenvalue weighted by Gasteiger charge is 2.18. The van der Waals surface area contributed by atoms with E-state index in [0.717, 1.165) is 41.0 Å². The number of nitrogens with zero attached hydrogens (tertiary/aromatic N) is 1.